The zero-order valence-corrected chi connectivity index (χ0v) is 12.5. The normalized spacial score (nSPS) is 19.1. The molecule has 0 bridgehead atoms. The molecule has 4 nitrogen and oxygen atoms in total. The largest absolute Gasteiger partial charge is 0.447 e. The van der Waals surface area contributed by atoms with E-state index in [4.69, 9.17) is 4.74 Å². The van der Waals surface area contributed by atoms with Crippen LogP contribution >= 0.6 is 0 Å². The van der Waals surface area contributed by atoms with E-state index in [1.54, 1.807) is 0 Å². The highest BCUT2D eigenvalue weighted by molar-refractivity contribution is 5.93. The Morgan fingerprint density at radius 1 is 1.26 bits per heavy atom. The second-order valence-corrected chi connectivity index (χ2v) is 5.67. The van der Waals surface area contributed by atoms with Crippen molar-refractivity contribution in [3.63, 3.8) is 0 Å². The summed E-state index contributed by atoms with van der Waals surface area (Å²) < 4.78 is 4.99. The van der Waals surface area contributed by atoms with Gasteiger partial charge in [-0.15, -0.1) is 0 Å². The third-order valence-corrected chi connectivity index (χ3v) is 3.69. The maximum Gasteiger partial charge on any atom is 0.416 e. The highest BCUT2D eigenvalue weighted by Gasteiger charge is 2.38. The number of rotatable bonds is 8. The SMILES string of the molecule is CCCCCCCCC(=O)N1C(=O)OCC1C(C)C. The molecular formula is C15H27NO3. The number of unbranched alkanes of at least 4 members (excludes halogenated alkanes) is 5. The van der Waals surface area contributed by atoms with Crippen molar-refractivity contribution in [2.75, 3.05) is 6.61 Å². The first-order valence-corrected chi connectivity index (χ1v) is 7.56. The van der Waals surface area contributed by atoms with E-state index in [2.05, 4.69) is 6.92 Å². The molecular weight excluding hydrogens is 242 g/mol. The molecule has 0 spiro atoms. The molecule has 0 radical (unpaired) electrons. The molecule has 0 N–H and O–H groups in total. The van der Waals surface area contributed by atoms with E-state index in [0.29, 0.717) is 13.0 Å². The third-order valence-electron chi connectivity index (χ3n) is 3.69. The van der Waals surface area contributed by atoms with Gasteiger partial charge in [-0.05, 0) is 12.3 Å². The maximum absolute atomic E-state index is 12.1. The van der Waals surface area contributed by atoms with E-state index < -0.39 is 6.09 Å². The molecule has 1 aliphatic rings. The first kappa shape index (κ1) is 16.0. The first-order chi connectivity index (χ1) is 9.07. The molecule has 1 aliphatic heterocycles. The molecule has 0 saturated carbocycles. The minimum absolute atomic E-state index is 0.0725. The topological polar surface area (TPSA) is 46.6 Å². The van der Waals surface area contributed by atoms with Crippen molar-refractivity contribution in [1.29, 1.82) is 0 Å². The van der Waals surface area contributed by atoms with Gasteiger partial charge in [-0.25, -0.2) is 9.69 Å². The minimum Gasteiger partial charge on any atom is -0.447 e. The predicted octanol–water partition coefficient (Wildman–Crippen LogP) is 3.74. The molecule has 4 heteroatoms. The van der Waals surface area contributed by atoms with E-state index in [0.717, 1.165) is 12.8 Å². The van der Waals surface area contributed by atoms with Gasteiger partial charge in [-0.1, -0.05) is 52.9 Å². The molecule has 0 aliphatic carbocycles. The number of amides is 2. The van der Waals surface area contributed by atoms with Crippen molar-refractivity contribution in [2.45, 2.75) is 71.8 Å². The van der Waals surface area contributed by atoms with Crippen molar-refractivity contribution in [3.05, 3.63) is 0 Å². The fraction of sp³-hybridized carbons (Fsp3) is 0.867. The van der Waals surface area contributed by atoms with Crippen LogP contribution < -0.4 is 0 Å². The van der Waals surface area contributed by atoms with Gasteiger partial charge >= 0.3 is 6.09 Å². The van der Waals surface area contributed by atoms with Crippen LogP contribution in [0.25, 0.3) is 0 Å². The van der Waals surface area contributed by atoms with Gasteiger partial charge in [0.25, 0.3) is 0 Å². The molecule has 1 unspecified atom stereocenters. The average molecular weight is 269 g/mol. The Morgan fingerprint density at radius 2 is 1.89 bits per heavy atom. The average Bonchev–Trinajstić information content (AvgIpc) is 2.75. The lowest BCUT2D eigenvalue weighted by Crippen LogP contribution is -2.41. The standard InChI is InChI=1S/C15H27NO3/c1-4-5-6-7-8-9-10-14(17)16-13(12(2)3)11-19-15(16)18/h12-13H,4-11H2,1-3H3. The lowest BCUT2D eigenvalue weighted by Gasteiger charge is -2.22. The van der Waals surface area contributed by atoms with Gasteiger partial charge in [0.15, 0.2) is 0 Å². The Bertz CT molecular complexity index is 302. The van der Waals surface area contributed by atoms with Gasteiger partial charge in [0.1, 0.15) is 6.61 Å². The second kappa shape index (κ2) is 8.18. The van der Waals surface area contributed by atoms with Gasteiger partial charge in [0, 0.05) is 6.42 Å². The minimum atomic E-state index is -0.463. The summed E-state index contributed by atoms with van der Waals surface area (Å²) >= 11 is 0. The first-order valence-electron chi connectivity index (χ1n) is 7.56. The van der Waals surface area contributed by atoms with Gasteiger partial charge in [-0.2, -0.15) is 0 Å². The number of imide groups is 1. The predicted molar refractivity (Wildman–Crippen MR) is 74.8 cm³/mol. The fourth-order valence-electron chi connectivity index (χ4n) is 2.39. The van der Waals surface area contributed by atoms with Crippen LogP contribution in [0.2, 0.25) is 0 Å². The Kier molecular flexibility index (Phi) is 6.89. The lowest BCUT2D eigenvalue weighted by atomic mass is 10.0. The Labute approximate surface area is 116 Å². The zero-order valence-electron chi connectivity index (χ0n) is 12.5. The van der Waals surface area contributed by atoms with Gasteiger partial charge in [0.05, 0.1) is 6.04 Å². The molecule has 1 atom stereocenters. The molecule has 1 fully saturated rings. The smallest absolute Gasteiger partial charge is 0.416 e. The van der Waals surface area contributed by atoms with E-state index in [1.165, 1.54) is 30.6 Å². The number of ether oxygens (including phenoxy) is 1. The molecule has 0 aromatic rings. The quantitative estimate of drug-likeness (QED) is 0.631. The van der Waals surface area contributed by atoms with E-state index in [9.17, 15) is 9.59 Å². The number of nitrogens with zero attached hydrogens (tertiary/aromatic N) is 1. The lowest BCUT2D eigenvalue weighted by molar-refractivity contribution is -0.129. The monoisotopic (exact) mass is 269 g/mol. The molecule has 110 valence electrons. The van der Waals surface area contributed by atoms with Crippen LogP contribution in [0.1, 0.15) is 65.7 Å². The van der Waals surface area contributed by atoms with E-state index in [-0.39, 0.29) is 17.9 Å². The van der Waals surface area contributed by atoms with E-state index >= 15 is 0 Å². The van der Waals surface area contributed by atoms with Crippen LogP contribution in [0, 0.1) is 5.92 Å². The number of hydrogen-bond donors (Lipinski definition) is 0. The van der Waals surface area contributed by atoms with Crippen molar-refractivity contribution >= 4 is 12.0 Å². The van der Waals surface area contributed by atoms with Gasteiger partial charge in [-0.3, -0.25) is 4.79 Å². The molecule has 0 aromatic carbocycles. The van der Waals surface area contributed by atoms with Crippen molar-refractivity contribution in [3.8, 4) is 0 Å². The fourth-order valence-corrected chi connectivity index (χ4v) is 2.39. The van der Waals surface area contributed by atoms with Crippen LogP contribution in [-0.4, -0.2) is 29.5 Å². The second-order valence-electron chi connectivity index (χ2n) is 5.67. The molecule has 19 heavy (non-hydrogen) atoms. The molecule has 2 amide bonds. The molecule has 1 rings (SSSR count). The summed E-state index contributed by atoms with van der Waals surface area (Å²) in [6.07, 6.45) is 6.86. The van der Waals surface area contributed by atoms with Crippen molar-refractivity contribution < 1.29 is 14.3 Å². The van der Waals surface area contributed by atoms with Crippen LogP contribution in [0.4, 0.5) is 4.79 Å². The molecule has 0 aromatic heterocycles. The van der Waals surface area contributed by atoms with E-state index in [1.807, 2.05) is 13.8 Å². The summed E-state index contributed by atoms with van der Waals surface area (Å²) in [6.45, 7) is 6.56. The zero-order chi connectivity index (χ0) is 14.3. The van der Waals surface area contributed by atoms with Crippen LogP contribution in [0.5, 0.6) is 0 Å². The highest BCUT2D eigenvalue weighted by Crippen LogP contribution is 2.21. The van der Waals surface area contributed by atoms with Gasteiger partial charge < -0.3 is 4.74 Å². The number of cyclic esters (lactones) is 1. The number of hydrogen-bond acceptors (Lipinski definition) is 3. The summed E-state index contributed by atoms with van der Waals surface area (Å²) in [5.41, 5.74) is 0. The summed E-state index contributed by atoms with van der Waals surface area (Å²) in [5.74, 6) is 0.177. The molecule has 1 heterocycles. The Morgan fingerprint density at radius 3 is 2.53 bits per heavy atom. The summed E-state index contributed by atoms with van der Waals surface area (Å²) in [5, 5.41) is 0. The van der Waals surface area contributed by atoms with Gasteiger partial charge in [0.2, 0.25) is 5.91 Å². The summed E-state index contributed by atoms with van der Waals surface area (Å²) in [6, 6.07) is -0.0832. The summed E-state index contributed by atoms with van der Waals surface area (Å²) in [4.78, 5) is 25.0. The number of carbonyl (C=O) groups is 2. The van der Waals surface area contributed by atoms with Crippen molar-refractivity contribution in [1.82, 2.24) is 4.90 Å². The highest BCUT2D eigenvalue weighted by atomic mass is 16.6. The Balaban J connectivity index is 2.29. The van der Waals surface area contributed by atoms with Crippen LogP contribution in [-0.2, 0) is 9.53 Å². The maximum atomic E-state index is 12.1. The third kappa shape index (κ3) is 4.84. The van der Waals surface area contributed by atoms with Crippen molar-refractivity contribution in [2.24, 2.45) is 5.92 Å². The van der Waals surface area contributed by atoms with Crippen LogP contribution in [0.3, 0.4) is 0 Å². The Hall–Kier alpha value is -1.06. The molecule has 1 saturated heterocycles. The number of carbonyl (C=O) groups excluding carboxylic acids is 2. The summed E-state index contributed by atoms with van der Waals surface area (Å²) in [7, 11) is 0. The van der Waals surface area contributed by atoms with Crippen LogP contribution in [0.15, 0.2) is 0 Å².